The molecule has 1 heterocycles. The van der Waals surface area contributed by atoms with E-state index in [1.165, 1.54) is 55.1 Å². The highest BCUT2D eigenvalue weighted by Crippen LogP contribution is 2.65. The number of fused-ring (bicyclic) bond motifs is 1. The van der Waals surface area contributed by atoms with Gasteiger partial charge in [-0.05, 0) is 67.9 Å². The van der Waals surface area contributed by atoms with Gasteiger partial charge in [0.2, 0.25) is 0 Å². The maximum atomic E-state index is 5.10. The van der Waals surface area contributed by atoms with Gasteiger partial charge in [0, 0.05) is 16.5 Å². The Kier molecular flexibility index (Phi) is 2.25. The summed E-state index contributed by atoms with van der Waals surface area (Å²) in [4.78, 5) is 5.10. The number of aromatic nitrogens is 1. The van der Waals surface area contributed by atoms with Crippen molar-refractivity contribution < 1.29 is 0 Å². The van der Waals surface area contributed by atoms with Crippen LogP contribution in [-0.2, 0) is 5.41 Å². The van der Waals surface area contributed by atoms with Gasteiger partial charge >= 0.3 is 0 Å². The van der Waals surface area contributed by atoms with Crippen LogP contribution in [0.2, 0.25) is 0 Å². The van der Waals surface area contributed by atoms with Gasteiger partial charge in [-0.3, -0.25) is 4.98 Å². The zero-order valence-corrected chi connectivity index (χ0v) is 12.8. The summed E-state index contributed by atoms with van der Waals surface area (Å²) in [6.07, 6.45) is 8.59. The van der Waals surface area contributed by atoms with Crippen molar-refractivity contribution >= 4 is 10.9 Å². The number of hydrogen-bond acceptors (Lipinski definition) is 1. The summed E-state index contributed by atoms with van der Waals surface area (Å²) in [6, 6.07) is 13.2. The van der Waals surface area contributed by atoms with Gasteiger partial charge in [0.05, 0.1) is 5.52 Å². The van der Waals surface area contributed by atoms with Crippen LogP contribution in [0.4, 0.5) is 0 Å². The SMILES string of the molecule is CC12CC3CC(C1)CC(c1ccc4ccccc4n1)(C3)C2. The van der Waals surface area contributed by atoms with E-state index in [1.54, 1.807) is 0 Å². The summed E-state index contributed by atoms with van der Waals surface area (Å²) in [6.45, 7) is 2.54. The summed E-state index contributed by atoms with van der Waals surface area (Å²) >= 11 is 0. The van der Waals surface area contributed by atoms with E-state index >= 15 is 0 Å². The highest BCUT2D eigenvalue weighted by molar-refractivity contribution is 5.78. The first-order valence-corrected chi connectivity index (χ1v) is 8.51. The van der Waals surface area contributed by atoms with Crippen molar-refractivity contribution in [1.29, 1.82) is 0 Å². The Hall–Kier alpha value is -1.37. The summed E-state index contributed by atoms with van der Waals surface area (Å²) in [5, 5.41) is 1.28. The average Bonchev–Trinajstić information content (AvgIpc) is 2.44. The highest BCUT2D eigenvalue weighted by Gasteiger charge is 2.56. The minimum absolute atomic E-state index is 0.392. The molecule has 2 aromatic rings. The van der Waals surface area contributed by atoms with Crippen LogP contribution in [0, 0.1) is 17.3 Å². The van der Waals surface area contributed by atoms with Crippen molar-refractivity contribution in [2.24, 2.45) is 17.3 Å². The predicted octanol–water partition coefficient (Wildman–Crippen LogP) is 5.09. The van der Waals surface area contributed by atoms with E-state index in [0.29, 0.717) is 10.8 Å². The molecule has 108 valence electrons. The fourth-order valence-electron chi connectivity index (χ4n) is 6.38. The molecular formula is C20H23N. The third-order valence-corrected chi connectivity index (χ3v) is 6.50. The fraction of sp³-hybridized carbons (Fsp3) is 0.550. The van der Waals surface area contributed by atoms with Crippen LogP contribution < -0.4 is 0 Å². The Morgan fingerprint density at radius 1 is 0.952 bits per heavy atom. The van der Waals surface area contributed by atoms with E-state index < -0.39 is 0 Å². The molecule has 0 N–H and O–H groups in total. The van der Waals surface area contributed by atoms with Crippen LogP contribution in [0.5, 0.6) is 0 Å². The van der Waals surface area contributed by atoms with Crippen molar-refractivity contribution in [1.82, 2.24) is 4.98 Å². The van der Waals surface area contributed by atoms with E-state index in [0.717, 1.165) is 11.8 Å². The molecule has 0 spiro atoms. The van der Waals surface area contributed by atoms with Crippen molar-refractivity contribution in [2.45, 2.75) is 50.9 Å². The smallest absolute Gasteiger partial charge is 0.0705 e. The number of nitrogens with zero attached hydrogens (tertiary/aromatic N) is 1. The van der Waals surface area contributed by atoms with Gasteiger partial charge < -0.3 is 0 Å². The van der Waals surface area contributed by atoms with Gasteiger partial charge in [-0.2, -0.15) is 0 Å². The molecule has 0 amide bonds. The van der Waals surface area contributed by atoms with Crippen LogP contribution in [0.1, 0.15) is 51.1 Å². The van der Waals surface area contributed by atoms with Gasteiger partial charge in [0.15, 0.2) is 0 Å². The van der Waals surface area contributed by atoms with Crippen molar-refractivity contribution in [3.05, 3.63) is 42.1 Å². The molecule has 0 aliphatic heterocycles. The van der Waals surface area contributed by atoms with Gasteiger partial charge in [0.25, 0.3) is 0 Å². The monoisotopic (exact) mass is 277 g/mol. The first-order chi connectivity index (χ1) is 10.1. The lowest BCUT2D eigenvalue weighted by Gasteiger charge is -2.61. The van der Waals surface area contributed by atoms with Crippen LogP contribution in [0.15, 0.2) is 36.4 Å². The largest absolute Gasteiger partial charge is 0.252 e. The molecule has 4 bridgehead atoms. The Bertz CT molecular complexity index is 703. The first-order valence-electron chi connectivity index (χ1n) is 8.51. The standard InChI is InChI=1S/C20H23N/c1-19-9-14-8-15(10-19)12-20(11-14,13-19)18-7-6-16-4-2-3-5-17(16)21-18/h2-7,14-15H,8-13H2,1H3. The van der Waals surface area contributed by atoms with Gasteiger partial charge in [-0.15, -0.1) is 0 Å². The van der Waals surface area contributed by atoms with Gasteiger partial charge in [-0.25, -0.2) is 0 Å². The minimum Gasteiger partial charge on any atom is -0.252 e. The third kappa shape index (κ3) is 1.73. The number of pyridine rings is 1. The molecule has 4 fully saturated rings. The molecule has 21 heavy (non-hydrogen) atoms. The summed E-state index contributed by atoms with van der Waals surface area (Å²) in [5.41, 5.74) is 3.55. The van der Waals surface area contributed by atoms with Crippen molar-refractivity contribution in [3.63, 3.8) is 0 Å². The van der Waals surface area contributed by atoms with E-state index in [2.05, 4.69) is 43.3 Å². The Balaban J connectivity index is 1.64. The molecule has 1 aromatic heterocycles. The second-order valence-corrected chi connectivity index (χ2v) is 8.44. The fourth-order valence-corrected chi connectivity index (χ4v) is 6.38. The second-order valence-electron chi connectivity index (χ2n) is 8.44. The van der Waals surface area contributed by atoms with E-state index in [-0.39, 0.29) is 0 Å². The summed E-state index contributed by atoms with van der Waals surface area (Å²) in [5.74, 6) is 1.93. The lowest BCUT2D eigenvalue weighted by molar-refractivity contribution is -0.0630. The minimum atomic E-state index is 0.392. The zero-order valence-electron chi connectivity index (χ0n) is 12.8. The quantitative estimate of drug-likeness (QED) is 0.707. The number of benzene rings is 1. The molecule has 6 rings (SSSR count). The zero-order chi connectivity index (χ0) is 14.1. The topological polar surface area (TPSA) is 12.9 Å². The normalized spacial score (nSPS) is 40.8. The molecule has 1 aromatic carbocycles. The lowest BCUT2D eigenvalue weighted by atomic mass is 9.44. The van der Waals surface area contributed by atoms with Crippen LogP contribution in [0.3, 0.4) is 0 Å². The second kappa shape index (κ2) is 3.88. The van der Waals surface area contributed by atoms with Crippen LogP contribution in [0.25, 0.3) is 10.9 Å². The Labute approximate surface area is 126 Å². The summed E-state index contributed by atoms with van der Waals surface area (Å²) in [7, 11) is 0. The molecule has 2 atom stereocenters. The van der Waals surface area contributed by atoms with Gasteiger partial charge in [-0.1, -0.05) is 31.2 Å². The molecular weight excluding hydrogens is 254 g/mol. The maximum Gasteiger partial charge on any atom is 0.0705 e. The molecule has 2 unspecified atom stereocenters. The molecule has 1 heteroatoms. The molecule has 4 aliphatic carbocycles. The van der Waals surface area contributed by atoms with Gasteiger partial charge in [0.1, 0.15) is 0 Å². The van der Waals surface area contributed by atoms with Crippen LogP contribution >= 0.6 is 0 Å². The highest BCUT2D eigenvalue weighted by atomic mass is 14.8. The number of para-hydroxylation sites is 1. The number of rotatable bonds is 1. The molecule has 0 saturated heterocycles. The van der Waals surface area contributed by atoms with E-state index in [9.17, 15) is 0 Å². The lowest BCUT2D eigenvalue weighted by Crippen LogP contribution is -2.53. The van der Waals surface area contributed by atoms with Crippen LogP contribution in [-0.4, -0.2) is 4.98 Å². The first kappa shape index (κ1) is 12.2. The molecule has 1 nitrogen and oxygen atoms in total. The van der Waals surface area contributed by atoms with Crippen molar-refractivity contribution in [2.75, 3.05) is 0 Å². The molecule has 4 aliphatic rings. The Morgan fingerprint density at radius 2 is 1.71 bits per heavy atom. The Morgan fingerprint density at radius 3 is 2.48 bits per heavy atom. The molecule has 4 saturated carbocycles. The average molecular weight is 277 g/mol. The van der Waals surface area contributed by atoms with Crippen molar-refractivity contribution in [3.8, 4) is 0 Å². The third-order valence-electron chi connectivity index (χ3n) is 6.50. The number of hydrogen-bond donors (Lipinski definition) is 0. The predicted molar refractivity (Wildman–Crippen MR) is 86.2 cm³/mol. The molecule has 0 radical (unpaired) electrons. The maximum absolute atomic E-state index is 5.10. The van der Waals surface area contributed by atoms with E-state index in [1.807, 2.05) is 0 Å². The van der Waals surface area contributed by atoms with E-state index in [4.69, 9.17) is 4.98 Å². The summed E-state index contributed by atoms with van der Waals surface area (Å²) < 4.78 is 0.